The minimum Gasteiger partial charge on any atom is -0.490 e. The normalized spacial score (nSPS) is 10.8. The van der Waals surface area contributed by atoms with Gasteiger partial charge in [0.05, 0.1) is 17.9 Å². The van der Waals surface area contributed by atoms with Crippen LogP contribution in [0.5, 0.6) is 5.75 Å². The maximum absolute atomic E-state index is 12.6. The van der Waals surface area contributed by atoms with E-state index in [0.29, 0.717) is 18.6 Å². The zero-order chi connectivity index (χ0) is 19.9. The molecule has 0 unspecified atom stereocenters. The van der Waals surface area contributed by atoms with E-state index in [1.54, 1.807) is 18.0 Å². The van der Waals surface area contributed by atoms with Crippen molar-refractivity contribution >= 4 is 39.8 Å². The number of ketones is 1. The van der Waals surface area contributed by atoms with Crippen LogP contribution in [0.25, 0.3) is 10.9 Å². The molecule has 0 aliphatic carbocycles. The Morgan fingerprint density at radius 3 is 2.71 bits per heavy atom. The molecule has 0 fully saturated rings. The monoisotopic (exact) mass is 394 g/mol. The fourth-order valence-corrected chi connectivity index (χ4v) is 3.42. The van der Waals surface area contributed by atoms with Crippen molar-refractivity contribution in [2.24, 2.45) is 0 Å². The second-order valence-electron chi connectivity index (χ2n) is 6.45. The number of carbonyl (C=O) groups is 1. The third-order valence-corrected chi connectivity index (χ3v) is 5.26. The molecule has 146 valence electrons. The van der Waals surface area contributed by atoms with E-state index in [0.717, 1.165) is 40.2 Å². The number of carbonyl (C=O) groups excluding carboxylic acids is 1. The lowest BCUT2D eigenvalue weighted by Gasteiger charge is -2.17. The van der Waals surface area contributed by atoms with E-state index in [4.69, 9.17) is 4.74 Å². The Morgan fingerprint density at radius 1 is 1.14 bits per heavy atom. The summed E-state index contributed by atoms with van der Waals surface area (Å²) in [5, 5.41) is 4.42. The molecule has 0 aliphatic rings. The van der Waals surface area contributed by atoms with Crippen molar-refractivity contribution in [2.45, 2.75) is 26.7 Å². The Morgan fingerprint density at radius 2 is 1.96 bits per heavy atom. The first-order valence-electron chi connectivity index (χ1n) is 9.61. The standard InChI is InChI=1S/C23H26N2O2S/c1-4-16-9-6-7-11-19(16)25-22-17-10-8-12-21(27-13-14-28-3)23(17)24-15-18(22)20(26)5-2/h6-12,15H,4-5,13-14H2,1-3H3,(H,24,25). The SMILES string of the molecule is CCC(=O)c1cnc2c(OCCSC)cccc2c1Nc1ccccc1CC. The summed E-state index contributed by atoms with van der Waals surface area (Å²) < 4.78 is 5.94. The van der Waals surface area contributed by atoms with Crippen LogP contribution in [0.15, 0.2) is 48.7 Å². The van der Waals surface area contributed by atoms with Gasteiger partial charge in [-0.1, -0.05) is 44.2 Å². The Kier molecular flexibility index (Phi) is 6.93. The molecule has 0 saturated heterocycles. The Labute approximate surface area is 170 Å². The highest BCUT2D eigenvalue weighted by Crippen LogP contribution is 2.35. The number of nitrogens with one attached hydrogen (secondary N) is 1. The predicted molar refractivity (Wildman–Crippen MR) is 119 cm³/mol. The predicted octanol–water partition coefficient (Wildman–Crippen LogP) is 5.88. The smallest absolute Gasteiger partial charge is 0.166 e. The summed E-state index contributed by atoms with van der Waals surface area (Å²) in [6.45, 7) is 4.62. The number of pyridine rings is 1. The van der Waals surface area contributed by atoms with Crippen LogP contribution in [0.3, 0.4) is 0 Å². The molecule has 2 aromatic carbocycles. The molecule has 1 heterocycles. The molecule has 1 N–H and O–H groups in total. The number of fused-ring (bicyclic) bond motifs is 1. The molecule has 0 saturated carbocycles. The molecule has 1 aromatic heterocycles. The summed E-state index contributed by atoms with van der Waals surface area (Å²) in [6, 6.07) is 14.1. The van der Waals surface area contributed by atoms with Gasteiger partial charge in [0.15, 0.2) is 5.78 Å². The molecule has 5 heteroatoms. The van der Waals surface area contributed by atoms with E-state index in [1.807, 2.05) is 43.3 Å². The molecule has 3 rings (SSSR count). The van der Waals surface area contributed by atoms with Crippen molar-refractivity contribution in [1.29, 1.82) is 0 Å². The van der Waals surface area contributed by atoms with Gasteiger partial charge >= 0.3 is 0 Å². The molecular weight excluding hydrogens is 368 g/mol. The van der Waals surface area contributed by atoms with E-state index in [2.05, 4.69) is 29.5 Å². The van der Waals surface area contributed by atoms with Crippen molar-refractivity contribution in [3.05, 3.63) is 59.8 Å². The summed E-state index contributed by atoms with van der Waals surface area (Å²) in [4.78, 5) is 17.2. The average Bonchev–Trinajstić information content (AvgIpc) is 2.74. The number of Topliss-reactive ketones (excluding diaryl/α,β-unsaturated/α-hetero) is 1. The first-order valence-corrected chi connectivity index (χ1v) is 11.0. The van der Waals surface area contributed by atoms with Gasteiger partial charge in [-0.05, 0) is 30.4 Å². The number of hydrogen-bond acceptors (Lipinski definition) is 5. The Bertz CT molecular complexity index is 972. The van der Waals surface area contributed by atoms with E-state index in [1.165, 1.54) is 5.56 Å². The van der Waals surface area contributed by atoms with E-state index >= 15 is 0 Å². The van der Waals surface area contributed by atoms with E-state index in [9.17, 15) is 4.79 Å². The van der Waals surface area contributed by atoms with E-state index in [-0.39, 0.29) is 5.78 Å². The average molecular weight is 395 g/mol. The number of nitrogens with zero attached hydrogens (tertiary/aromatic N) is 1. The van der Waals surface area contributed by atoms with Gasteiger partial charge in [0, 0.05) is 29.4 Å². The van der Waals surface area contributed by atoms with Gasteiger partial charge < -0.3 is 10.1 Å². The summed E-state index contributed by atoms with van der Waals surface area (Å²) >= 11 is 1.74. The number of thioether (sulfide) groups is 1. The van der Waals surface area contributed by atoms with Crippen LogP contribution in [0.2, 0.25) is 0 Å². The molecule has 0 spiro atoms. The molecule has 0 amide bonds. The van der Waals surface area contributed by atoms with Crippen molar-refractivity contribution in [3.8, 4) is 5.75 Å². The van der Waals surface area contributed by atoms with Gasteiger partial charge in [-0.2, -0.15) is 11.8 Å². The van der Waals surface area contributed by atoms with Gasteiger partial charge in [-0.15, -0.1) is 0 Å². The molecule has 4 nitrogen and oxygen atoms in total. The van der Waals surface area contributed by atoms with Crippen molar-refractivity contribution in [1.82, 2.24) is 4.98 Å². The lowest BCUT2D eigenvalue weighted by atomic mass is 10.0. The van der Waals surface area contributed by atoms with Gasteiger partial charge in [0.1, 0.15) is 11.3 Å². The third-order valence-electron chi connectivity index (χ3n) is 4.68. The molecule has 28 heavy (non-hydrogen) atoms. The van der Waals surface area contributed by atoms with Crippen molar-refractivity contribution < 1.29 is 9.53 Å². The number of aryl methyl sites for hydroxylation is 1. The zero-order valence-corrected chi connectivity index (χ0v) is 17.4. The van der Waals surface area contributed by atoms with Crippen LogP contribution in [0.4, 0.5) is 11.4 Å². The minimum atomic E-state index is 0.0691. The molecule has 0 aliphatic heterocycles. The quantitative estimate of drug-likeness (QED) is 0.363. The van der Waals surface area contributed by atoms with Gasteiger partial charge in [-0.25, -0.2) is 0 Å². The minimum absolute atomic E-state index is 0.0691. The highest BCUT2D eigenvalue weighted by atomic mass is 32.2. The maximum atomic E-state index is 12.6. The van der Waals surface area contributed by atoms with Gasteiger partial charge in [0.25, 0.3) is 0 Å². The number of hydrogen-bond donors (Lipinski definition) is 1. The molecule has 0 radical (unpaired) electrons. The van der Waals surface area contributed by atoms with Crippen molar-refractivity contribution in [3.63, 3.8) is 0 Å². The number of para-hydroxylation sites is 2. The van der Waals surface area contributed by atoms with Crippen LogP contribution < -0.4 is 10.1 Å². The Balaban J connectivity index is 2.13. The highest BCUT2D eigenvalue weighted by molar-refractivity contribution is 7.98. The summed E-state index contributed by atoms with van der Waals surface area (Å²) in [5.41, 5.74) is 4.40. The number of anilines is 2. The fraction of sp³-hybridized carbons (Fsp3) is 0.304. The van der Waals surface area contributed by atoms with Crippen LogP contribution in [-0.4, -0.2) is 29.4 Å². The number of ether oxygens (including phenoxy) is 1. The second kappa shape index (κ2) is 9.60. The number of benzene rings is 2. The van der Waals surface area contributed by atoms with Crippen LogP contribution >= 0.6 is 11.8 Å². The highest BCUT2D eigenvalue weighted by Gasteiger charge is 2.17. The molecule has 0 atom stereocenters. The summed E-state index contributed by atoms with van der Waals surface area (Å²) in [7, 11) is 0. The second-order valence-corrected chi connectivity index (χ2v) is 7.44. The van der Waals surface area contributed by atoms with Crippen LogP contribution in [0, 0.1) is 0 Å². The van der Waals surface area contributed by atoms with Gasteiger partial charge in [0.2, 0.25) is 0 Å². The lowest BCUT2D eigenvalue weighted by Crippen LogP contribution is -2.07. The van der Waals surface area contributed by atoms with Crippen LogP contribution in [-0.2, 0) is 6.42 Å². The first kappa shape index (κ1) is 20.2. The number of aromatic nitrogens is 1. The van der Waals surface area contributed by atoms with Gasteiger partial charge in [-0.3, -0.25) is 9.78 Å². The summed E-state index contributed by atoms with van der Waals surface area (Å²) in [6.07, 6.45) is 5.07. The first-order chi connectivity index (χ1) is 13.7. The van der Waals surface area contributed by atoms with E-state index < -0.39 is 0 Å². The summed E-state index contributed by atoms with van der Waals surface area (Å²) in [5.74, 6) is 1.73. The number of rotatable bonds is 9. The largest absolute Gasteiger partial charge is 0.490 e. The third kappa shape index (κ3) is 4.30. The maximum Gasteiger partial charge on any atom is 0.166 e. The lowest BCUT2D eigenvalue weighted by molar-refractivity contribution is 0.0988. The van der Waals surface area contributed by atoms with Crippen molar-refractivity contribution in [2.75, 3.05) is 23.9 Å². The zero-order valence-electron chi connectivity index (χ0n) is 16.6. The van der Waals surface area contributed by atoms with Crippen LogP contribution in [0.1, 0.15) is 36.2 Å². The molecular formula is C23H26N2O2S. The topological polar surface area (TPSA) is 51.2 Å². The molecule has 3 aromatic rings. The molecule has 0 bridgehead atoms. The Hall–Kier alpha value is -2.53. The fourth-order valence-electron chi connectivity index (χ4n) is 3.17.